The standard InChI is InChI=1S/C24H17ClN2O8S/c1-34-20-13-14(12-19(25)21(20)35-36(32,33)17-5-3-2-4-6-17)11-18-22(29)26-24(31)27(23(18)30)15-7-9-16(28)10-8-15/h2-13,28H,1H3,(H,26,29,31)/b18-11+. The first kappa shape index (κ1) is 24.8. The van der Waals surface area contributed by atoms with Crippen molar-refractivity contribution in [3.8, 4) is 17.2 Å². The Morgan fingerprint density at radius 1 is 1.00 bits per heavy atom. The van der Waals surface area contributed by atoms with Crippen LogP contribution in [0, 0.1) is 0 Å². The maximum absolute atomic E-state index is 13.0. The Morgan fingerprint density at radius 3 is 2.31 bits per heavy atom. The largest absolute Gasteiger partial charge is 0.508 e. The Bertz CT molecular complexity index is 1500. The first-order valence-corrected chi connectivity index (χ1v) is 12.0. The normalized spacial score (nSPS) is 15.1. The minimum absolute atomic E-state index is 0.0752. The smallest absolute Gasteiger partial charge is 0.339 e. The van der Waals surface area contributed by atoms with Crippen LogP contribution in [0.25, 0.3) is 6.08 Å². The molecule has 0 atom stereocenters. The van der Waals surface area contributed by atoms with Crippen molar-refractivity contribution in [2.75, 3.05) is 12.0 Å². The van der Waals surface area contributed by atoms with E-state index < -0.39 is 33.5 Å². The number of benzene rings is 3. The van der Waals surface area contributed by atoms with Crippen molar-refractivity contribution in [2.24, 2.45) is 0 Å². The number of carbonyl (C=O) groups is 3. The highest BCUT2D eigenvalue weighted by Gasteiger charge is 2.37. The van der Waals surface area contributed by atoms with Crippen molar-refractivity contribution in [1.29, 1.82) is 0 Å². The van der Waals surface area contributed by atoms with Gasteiger partial charge in [0.15, 0.2) is 5.75 Å². The van der Waals surface area contributed by atoms with Crippen LogP contribution in [0.1, 0.15) is 5.56 Å². The molecule has 4 rings (SSSR count). The minimum Gasteiger partial charge on any atom is -0.508 e. The Hall–Kier alpha value is -4.35. The fourth-order valence-corrected chi connectivity index (χ4v) is 4.59. The van der Waals surface area contributed by atoms with Gasteiger partial charge < -0.3 is 14.0 Å². The van der Waals surface area contributed by atoms with Gasteiger partial charge in [0.1, 0.15) is 16.2 Å². The Kier molecular flexibility index (Phi) is 6.69. The lowest BCUT2D eigenvalue weighted by atomic mass is 10.1. The molecular formula is C24H17ClN2O8S. The number of aromatic hydroxyl groups is 1. The van der Waals surface area contributed by atoms with Crippen molar-refractivity contribution < 1.29 is 36.8 Å². The second-order valence-electron chi connectivity index (χ2n) is 7.36. The third-order valence-corrected chi connectivity index (χ3v) is 6.51. The lowest BCUT2D eigenvalue weighted by Crippen LogP contribution is -2.54. The van der Waals surface area contributed by atoms with Gasteiger partial charge >= 0.3 is 16.1 Å². The Morgan fingerprint density at radius 2 is 1.67 bits per heavy atom. The van der Waals surface area contributed by atoms with Gasteiger partial charge in [0.2, 0.25) is 5.75 Å². The number of rotatable bonds is 6. The molecule has 3 aromatic carbocycles. The molecule has 184 valence electrons. The van der Waals surface area contributed by atoms with Gasteiger partial charge in [-0.2, -0.15) is 8.42 Å². The van der Waals surface area contributed by atoms with Crippen molar-refractivity contribution in [3.05, 3.63) is 82.9 Å². The number of anilines is 1. The molecule has 0 spiro atoms. The number of barbiturate groups is 1. The van der Waals surface area contributed by atoms with E-state index in [1.54, 1.807) is 6.07 Å². The van der Waals surface area contributed by atoms with Gasteiger partial charge in [-0.25, -0.2) is 9.69 Å². The molecule has 1 fully saturated rings. The first-order valence-electron chi connectivity index (χ1n) is 10.2. The quantitative estimate of drug-likeness (QED) is 0.281. The zero-order valence-electron chi connectivity index (χ0n) is 18.5. The van der Waals surface area contributed by atoms with Gasteiger partial charge in [-0.15, -0.1) is 0 Å². The summed E-state index contributed by atoms with van der Waals surface area (Å²) in [6, 6.07) is 14.3. The maximum atomic E-state index is 13.0. The number of hydrogen-bond acceptors (Lipinski definition) is 8. The summed E-state index contributed by atoms with van der Waals surface area (Å²) in [5.41, 5.74) is -0.0784. The van der Waals surface area contributed by atoms with Crippen molar-refractivity contribution >= 4 is 51.3 Å². The third-order valence-electron chi connectivity index (χ3n) is 5.00. The molecular weight excluding hydrogens is 512 g/mol. The molecule has 4 amide bonds. The average Bonchev–Trinajstić information content (AvgIpc) is 2.84. The highest BCUT2D eigenvalue weighted by Crippen LogP contribution is 2.39. The summed E-state index contributed by atoms with van der Waals surface area (Å²) in [6.07, 6.45) is 1.17. The monoisotopic (exact) mass is 528 g/mol. The molecule has 3 aromatic rings. The summed E-state index contributed by atoms with van der Waals surface area (Å²) >= 11 is 6.29. The van der Waals surface area contributed by atoms with Crippen LogP contribution in [-0.2, 0) is 19.7 Å². The molecule has 0 aromatic heterocycles. The molecule has 1 aliphatic heterocycles. The van der Waals surface area contributed by atoms with E-state index in [0.717, 1.165) is 4.90 Å². The predicted octanol–water partition coefficient (Wildman–Crippen LogP) is 3.49. The van der Waals surface area contributed by atoms with E-state index in [-0.39, 0.29) is 38.4 Å². The number of hydrogen-bond donors (Lipinski definition) is 2. The van der Waals surface area contributed by atoms with Crippen LogP contribution in [-0.4, -0.2) is 38.5 Å². The number of methoxy groups -OCH3 is 1. The van der Waals surface area contributed by atoms with E-state index >= 15 is 0 Å². The number of ether oxygens (including phenoxy) is 1. The second kappa shape index (κ2) is 9.72. The van der Waals surface area contributed by atoms with Gasteiger partial charge in [-0.3, -0.25) is 14.9 Å². The van der Waals surface area contributed by atoms with Gasteiger partial charge in [-0.1, -0.05) is 29.8 Å². The van der Waals surface area contributed by atoms with Crippen LogP contribution in [0.15, 0.2) is 77.2 Å². The number of phenolic OH excluding ortho intramolecular Hbond substituents is 1. The number of nitrogens with zero attached hydrogens (tertiary/aromatic N) is 1. The van der Waals surface area contributed by atoms with Crippen LogP contribution >= 0.6 is 11.6 Å². The number of halogens is 1. The molecule has 0 bridgehead atoms. The summed E-state index contributed by atoms with van der Waals surface area (Å²) in [6.45, 7) is 0. The summed E-state index contributed by atoms with van der Waals surface area (Å²) in [5.74, 6) is -2.30. The summed E-state index contributed by atoms with van der Waals surface area (Å²) in [5, 5.41) is 11.4. The lowest BCUT2D eigenvalue weighted by Gasteiger charge is -2.26. The highest BCUT2D eigenvalue weighted by atomic mass is 35.5. The minimum atomic E-state index is -4.23. The average molecular weight is 529 g/mol. The van der Waals surface area contributed by atoms with Gasteiger partial charge in [0, 0.05) is 0 Å². The molecule has 36 heavy (non-hydrogen) atoms. The summed E-state index contributed by atoms with van der Waals surface area (Å²) < 4.78 is 35.7. The third kappa shape index (κ3) is 4.88. The predicted molar refractivity (Wildman–Crippen MR) is 129 cm³/mol. The molecule has 12 heteroatoms. The van der Waals surface area contributed by atoms with Gasteiger partial charge in [0.25, 0.3) is 11.8 Å². The number of amides is 4. The van der Waals surface area contributed by atoms with Crippen LogP contribution in [0.5, 0.6) is 17.2 Å². The molecule has 10 nitrogen and oxygen atoms in total. The van der Waals surface area contributed by atoms with Gasteiger partial charge in [0.05, 0.1) is 17.8 Å². The summed E-state index contributed by atoms with van der Waals surface area (Å²) in [4.78, 5) is 38.4. The molecule has 1 heterocycles. The second-order valence-corrected chi connectivity index (χ2v) is 9.31. The zero-order valence-corrected chi connectivity index (χ0v) is 20.0. The highest BCUT2D eigenvalue weighted by molar-refractivity contribution is 7.87. The number of phenols is 1. The van der Waals surface area contributed by atoms with Crippen LogP contribution in [0.2, 0.25) is 5.02 Å². The van der Waals surface area contributed by atoms with Crippen LogP contribution in [0.4, 0.5) is 10.5 Å². The fraction of sp³-hybridized carbons (Fsp3) is 0.0417. The molecule has 0 radical (unpaired) electrons. The maximum Gasteiger partial charge on any atom is 0.339 e. The van der Waals surface area contributed by atoms with Crippen molar-refractivity contribution in [1.82, 2.24) is 5.32 Å². The van der Waals surface area contributed by atoms with E-state index in [1.807, 2.05) is 0 Å². The number of urea groups is 1. The Labute approximate surface area is 210 Å². The molecule has 2 N–H and O–H groups in total. The first-order chi connectivity index (χ1) is 17.1. The van der Waals surface area contributed by atoms with E-state index in [0.29, 0.717) is 0 Å². The lowest BCUT2D eigenvalue weighted by molar-refractivity contribution is -0.122. The molecule has 0 aliphatic carbocycles. The van der Waals surface area contributed by atoms with Crippen LogP contribution in [0.3, 0.4) is 0 Å². The van der Waals surface area contributed by atoms with E-state index in [4.69, 9.17) is 20.5 Å². The molecule has 1 aliphatic rings. The number of nitrogens with one attached hydrogen (secondary N) is 1. The fourth-order valence-electron chi connectivity index (χ4n) is 3.31. The topological polar surface area (TPSA) is 139 Å². The number of imide groups is 2. The zero-order chi connectivity index (χ0) is 26.0. The SMILES string of the molecule is COc1cc(/C=C2\C(=O)NC(=O)N(c3ccc(O)cc3)C2=O)cc(Cl)c1OS(=O)(=O)c1ccccc1. The van der Waals surface area contributed by atoms with Crippen molar-refractivity contribution in [3.63, 3.8) is 0 Å². The van der Waals surface area contributed by atoms with Gasteiger partial charge in [-0.05, 0) is 60.2 Å². The molecule has 1 saturated heterocycles. The van der Waals surface area contributed by atoms with E-state index in [2.05, 4.69) is 5.32 Å². The Balaban J connectivity index is 1.70. The number of carbonyl (C=O) groups excluding carboxylic acids is 3. The molecule has 0 unspecified atom stereocenters. The molecule has 0 saturated carbocycles. The van der Waals surface area contributed by atoms with Crippen molar-refractivity contribution in [2.45, 2.75) is 4.90 Å². The van der Waals surface area contributed by atoms with E-state index in [9.17, 15) is 27.9 Å². The summed E-state index contributed by atoms with van der Waals surface area (Å²) in [7, 11) is -2.98. The van der Waals surface area contributed by atoms with E-state index in [1.165, 1.54) is 73.8 Å². The van der Waals surface area contributed by atoms with Crippen LogP contribution < -0.4 is 19.1 Å².